The zero-order valence-electron chi connectivity index (χ0n) is 5.30. The van der Waals surface area contributed by atoms with Gasteiger partial charge in [0.05, 0.1) is 6.61 Å². The highest BCUT2D eigenvalue weighted by molar-refractivity contribution is 4.70. The SMILES string of the molecule is C=CCN(C)CCO. The molecule has 0 amide bonds. The van der Waals surface area contributed by atoms with Gasteiger partial charge in [0.25, 0.3) is 0 Å². The largest absolute Gasteiger partial charge is 0.395 e. The highest BCUT2D eigenvalue weighted by atomic mass is 16.3. The molecule has 0 unspecified atom stereocenters. The number of nitrogens with zero attached hydrogens (tertiary/aromatic N) is 1. The van der Waals surface area contributed by atoms with Crippen LogP contribution in [0.1, 0.15) is 0 Å². The summed E-state index contributed by atoms with van der Waals surface area (Å²) >= 11 is 0. The fourth-order valence-electron chi connectivity index (χ4n) is 0.482. The van der Waals surface area contributed by atoms with Crippen molar-refractivity contribution < 1.29 is 5.11 Å². The van der Waals surface area contributed by atoms with Crippen molar-refractivity contribution in [2.75, 3.05) is 26.7 Å². The molecule has 0 aromatic carbocycles. The fraction of sp³-hybridized carbons (Fsp3) is 0.667. The summed E-state index contributed by atoms with van der Waals surface area (Å²) in [4.78, 5) is 1.99. The van der Waals surface area contributed by atoms with Crippen LogP contribution >= 0.6 is 0 Å². The summed E-state index contributed by atoms with van der Waals surface area (Å²) in [6.07, 6.45) is 1.82. The van der Waals surface area contributed by atoms with Crippen molar-refractivity contribution in [3.8, 4) is 0 Å². The molecular formula is C6H13NO. The lowest BCUT2D eigenvalue weighted by atomic mass is 10.5. The highest BCUT2D eigenvalue weighted by Gasteiger charge is 1.89. The molecule has 0 fully saturated rings. The first-order valence-corrected chi connectivity index (χ1v) is 2.71. The maximum atomic E-state index is 8.39. The van der Waals surface area contributed by atoms with Gasteiger partial charge in [-0.15, -0.1) is 6.58 Å². The molecule has 0 aliphatic carbocycles. The maximum absolute atomic E-state index is 8.39. The highest BCUT2D eigenvalue weighted by Crippen LogP contribution is 1.78. The van der Waals surface area contributed by atoms with Gasteiger partial charge in [-0.3, -0.25) is 0 Å². The van der Waals surface area contributed by atoms with E-state index < -0.39 is 0 Å². The number of hydrogen-bond acceptors (Lipinski definition) is 2. The number of likely N-dealkylation sites (N-methyl/N-ethyl adjacent to an activating group) is 1. The van der Waals surface area contributed by atoms with Gasteiger partial charge in [-0.25, -0.2) is 0 Å². The van der Waals surface area contributed by atoms with E-state index in [1.165, 1.54) is 0 Å². The van der Waals surface area contributed by atoms with Crippen LogP contribution in [0, 0.1) is 0 Å². The molecule has 0 saturated carbocycles. The van der Waals surface area contributed by atoms with E-state index in [0.717, 1.165) is 13.1 Å². The lowest BCUT2D eigenvalue weighted by Crippen LogP contribution is -2.21. The van der Waals surface area contributed by atoms with Gasteiger partial charge in [-0.05, 0) is 7.05 Å². The Morgan fingerprint density at radius 3 is 2.75 bits per heavy atom. The van der Waals surface area contributed by atoms with Crippen LogP contribution in [0.3, 0.4) is 0 Å². The van der Waals surface area contributed by atoms with E-state index in [1.54, 1.807) is 0 Å². The Morgan fingerprint density at radius 2 is 2.38 bits per heavy atom. The van der Waals surface area contributed by atoms with Crippen molar-refractivity contribution in [1.82, 2.24) is 4.90 Å². The topological polar surface area (TPSA) is 23.5 Å². The molecule has 48 valence electrons. The number of hydrogen-bond donors (Lipinski definition) is 1. The van der Waals surface area contributed by atoms with Gasteiger partial charge >= 0.3 is 0 Å². The van der Waals surface area contributed by atoms with Crippen LogP contribution in [-0.2, 0) is 0 Å². The summed E-state index contributed by atoms with van der Waals surface area (Å²) in [5, 5.41) is 8.39. The summed E-state index contributed by atoms with van der Waals surface area (Å²) in [7, 11) is 1.94. The van der Waals surface area contributed by atoms with Gasteiger partial charge in [-0.2, -0.15) is 0 Å². The third-order valence-corrected chi connectivity index (χ3v) is 0.922. The van der Waals surface area contributed by atoms with Crippen LogP contribution in [0.2, 0.25) is 0 Å². The van der Waals surface area contributed by atoms with Crippen LogP contribution in [0.25, 0.3) is 0 Å². The van der Waals surface area contributed by atoms with Gasteiger partial charge < -0.3 is 10.0 Å². The minimum absolute atomic E-state index is 0.227. The predicted molar refractivity (Wildman–Crippen MR) is 34.8 cm³/mol. The first-order chi connectivity index (χ1) is 3.81. The first-order valence-electron chi connectivity index (χ1n) is 2.71. The van der Waals surface area contributed by atoms with E-state index in [4.69, 9.17) is 5.11 Å². The van der Waals surface area contributed by atoms with Crippen LogP contribution in [0.4, 0.5) is 0 Å². The smallest absolute Gasteiger partial charge is 0.0558 e. The van der Waals surface area contributed by atoms with Gasteiger partial charge in [-0.1, -0.05) is 6.08 Å². The monoisotopic (exact) mass is 115 g/mol. The third-order valence-electron chi connectivity index (χ3n) is 0.922. The number of aliphatic hydroxyl groups is 1. The molecule has 0 bridgehead atoms. The van der Waals surface area contributed by atoms with E-state index in [1.807, 2.05) is 18.0 Å². The average Bonchev–Trinajstić information content (AvgIpc) is 1.68. The zero-order chi connectivity index (χ0) is 6.41. The summed E-state index contributed by atoms with van der Waals surface area (Å²) in [5.74, 6) is 0. The van der Waals surface area contributed by atoms with Gasteiger partial charge in [0.15, 0.2) is 0 Å². The molecule has 0 rings (SSSR count). The lowest BCUT2D eigenvalue weighted by molar-refractivity contribution is 0.232. The molecule has 0 aliphatic rings. The minimum atomic E-state index is 0.227. The quantitative estimate of drug-likeness (QED) is 0.525. The zero-order valence-corrected chi connectivity index (χ0v) is 5.30. The Kier molecular flexibility index (Phi) is 4.61. The van der Waals surface area contributed by atoms with Gasteiger partial charge in [0.2, 0.25) is 0 Å². The van der Waals surface area contributed by atoms with Crippen LogP contribution < -0.4 is 0 Å². The molecule has 0 spiro atoms. The molecule has 0 saturated heterocycles. The normalized spacial score (nSPS) is 9.88. The third kappa shape index (κ3) is 3.84. The summed E-state index contributed by atoms with van der Waals surface area (Å²) in [5.41, 5.74) is 0. The number of rotatable bonds is 4. The molecule has 0 aliphatic heterocycles. The summed E-state index contributed by atoms with van der Waals surface area (Å²) < 4.78 is 0. The second-order valence-electron chi connectivity index (χ2n) is 1.77. The molecule has 1 N–H and O–H groups in total. The molecule has 0 radical (unpaired) electrons. The van der Waals surface area contributed by atoms with Crippen molar-refractivity contribution in [1.29, 1.82) is 0 Å². The molecule has 0 heterocycles. The van der Waals surface area contributed by atoms with Crippen LogP contribution in [0.15, 0.2) is 12.7 Å². The van der Waals surface area contributed by atoms with Crippen molar-refractivity contribution >= 4 is 0 Å². The van der Waals surface area contributed by atoms with Crippen molar-refractivity contribution in [3.05, 3.63) is 12.7 Å². The van der Waals surface area contributed by atoms with E-state index in [0.29, 0.717) is 0 Å². The van der Waals surface area contributed by atoms with E-state index in [-0.39, 0.29) is 6.61 Å². The molecule has 8 heavy (non-hydrogen) atoms. The Hall–Kier alpha value is -0.340. The summed E-state index contributed by atoms with van der Waals surface area (Å²) in [6.45, 7) is 5.36. The maximum Gasteiger partial charge on any atom is 0.0558 e. The standard InChI is InChI=1S/C6H13NO/c1-3-4-7(2)5-6-8/h3,8H,1,4-6H2,2H3. The minimum Gasteiger partial charge on any atom is -0.395 e. The molecule has 0 atom stereocenters. The van der Waals surface area contributed by atoms with E-state index in [2.05, 4.69) is 6.58 Å². The summed E-state index contributed by atoms with van der Waals surface area (Å²) in [6, 6.07) is 0. The number of aliphatic hydroxyl groups excluding tert-OH is 1. The first kappa shape index (κ1) is 7.66. The molecule has 2 nitrogen and oxygen atoms in total. The van der Waals surface area contributed by atoms with E-state index >= 15 is 0 Å². The Balaban J connectivity index is 3.03. The second kappa shape index (κ2) is 4.81. The second-order valence-corrected chi connectivity index (χ2v) is 1.77. The van der Waals surface area contributed by atoms with Crippen LogP contribution in [-0.4, -0.2) is 36.8 Å². The van der Waals surface area contributed by atoms with Crippen LogP contribution in [0.5, 0.6) is 0 Å². The van der Waals surface area contributed by atoms with Crippen molar-refractivity contribution in [3.63, 3.8) is 0 Å². The van der Waals surface area contributed by atoms with Crippen molar-refractivity contribution in [2.24, 2.45) is 0 Å². The van der Waals surface area contributed by atoms with Gasteiger partial charge in [0.1, 0.15) is 0 Å². The van der Waals surface area contributed by atoms with Crippen molar-refractivity contribution in [2.45, 2.75) is 0 Å². The fourth-order valence-corrected chi connectivity index (χ4v) is 0.482. The van der Waals surface area contributed by atoms with Gasteiger partial charge in [0, 0.05) is 13.1 Å². The van der Waals surface area contributed by atoms with E-state index in [9.17, 15) is 0 Å². The molecular weight excluding hydrogens is 102 g/mol. The average molecular weight is 115 g/mol. The Labute approximate surface area is 50.4 Å². The Morgan fingerprint density at radius 1 is 1.75 bits per heavy atom. The molecule has 0 aromatic rings. The lowest BCUT2D eigenvalue weighted by Gasteiger charge is -2.10. The Bertz CT molecular complexity index is 63.5. The molecule has 2 heteroatoms. The molecule has 0 aromatic heterocycles. The predicted octanol–water partition coefficient (Wildman–Crippen LogP) is 0.0965.